The van der Waals surface area contributed by atoms with E-state index in [2.05, 4.69) is 13.8 Å². The normalized spacial score (nSPS) is 21.5. The molecular weight excluding hydrogens is 360 g/mol. The van der Waals surface area contributed by atoms with E-state index >= 15 is 0 Å². The van der Waals surface area contributed by atoms with E-state index in [0.29, 0.717) is 23.1 Å². The third kappa shape index (κ3) is 4.14. The van der Waals surface area contributed by atoms with Crippen LogP contribution in [-0.4, -0.2) is 51.8 Å². The summed E-state index contributed by atoms with van der Waals surface area (Å²) in [5.74, 6) is -0.262. The Morgan fingerprint density at radius 1 is 1.21 bits per heavy atom. The van der Waals surface area contributed by atoms with Gasteiger partial charge in [0.1, 0.15) is 11.8 Å². The number of fused-ring (bicyclic) bond motifs is 1. The van der Waals surface area contributed by atoms with Crippen LogP contribution in [0.3, 0.4) is 0 Å². The number of aromatic nitrogens is 1. The molecule has 7 nitrogen and oxygen atoms in total. The van der Waals surface area contributed by atoms with Gasteiger partial charge >= 0.3 is 11.9 Å². The summed E-state index contributed by atoms with van der Waals surface area (Å²) in [6.07, 6.45) is 2.87. The molecule has 0 unspecified atom stereocenters. The van der Waals surface area contributed by atoms with Gasteiger partial charge in [0.15, 0.2) is 0 Å². The van der Waals surface area contributed by atoms with Crippen LogP contribution in [0.4, 0.5) is 0 Å². The van der Waals surface area contributed by atoms with Crippen molar-refractivity contribution in [1.82, 2.24) is 9.47 Å². The first-order chi connectivity index (χ1) is 13.3. The third-order valence-electron chi connectivity index (χ3n) is 5.48. The number of carboxylic acids is 2. The first-order valence-electron chi connectivity index (χ1n) is 9.65. The van der Waals surface area contributed by atoms with Gasteiger partial charge in [0, 0.05) is 42.3 Å². The molecule has 0 bridgehead atoms. The van der Waals surface area contributed by atoms with Gasteiger partial charge in [-0.15, -0.1) is 0 Å². The van der Waals surface area contributed by atoms with Crippen LogP contribution in [0.1, 0.15) is 38.3 Å². The van der Waals surface area contributed by atoms with E-state index < -0.39 is 18.0 Å². The Morgan fingerprint density at radius 2 is 1.89 bits per heavy atom. The number of rotatable bonds is 7. The van der Waals surface area contributed by atoms with E-state index in [4.69, 9.17) is 9.84 Å². The fourth-order valence-corrected chi connectivity index (χ4v) is 4.46. The van der Waals surface area contributed by atoms with E-state index in [-0.39, 0.29) is 13.0 Å². The lowest BCUT2D eigenvalue weighted by atomic mass is 9.89. The summed E-state index contributed by atoms with van der Waals surface area (Å²) >= 11 is 0. The predicted molar refractivity (Wildman–Crippen MR) is 106 cm³/mol. The molecule has 3 atom stereocenters. The predicted octanol–water partition coefficient (Wildman–Crippen LogP) is 3.23. The molecule has 1 saturated heterocycles. The lowest BCUT2D eigenvalue weighted by Gasteiger charge is -2.38. The van der Waals surface area contributed by atoms with Crippen LogP contribution < -0.4 is 4.74 Å². The van der Waals surface area contributed by atoms with Gasteiger partial charge in [0.2, 0.25) is 0 Å². The van der Waals surface area contributed by atoms with Crippen LogP contribution >= 0.6 is 0 Å². The average molecular weight is 388 g/mol. The molecule has 2 heterocycles. The van der Waals surface area contributed by atoms with Crippen molar-refractivity contribution in [3.63, 3.8) is 0 Å². The van der Waals surface area contributed by atoms with Crippen LogP contribution in [0.15, 0.2) is 24.4 Å². The molecule has 3 rings (SSSR count). The topological polar surface area (TPSA) is 92.0 Å². The lowest BCUT2D eigenvalue weighted by Crippen LogP contribution is -2.43. The lowest BCUT2D eigenvalue weighted by molar-refractivity contribution is -0.144. The summed E-state index contributed by atoms with van der Waals surface area (Å²) in [4.78, 5) is 25.4. The highest BCUT2D eigenvalue weighted by molar-refractivity contribution is 5.90. The molecule has 2 aromatic rings. The van der Waals surface area contributed by atoms with Crippen molar-refractivity contribution in [2.24, 2.45) is 11.8 Å². The summed E-state index contributed by atoms with van der Waals surface area (Å²) in [6, 6.07) is 4.74. The summed E-state index contributed by atoms with van der Waals surface area (Å²) < 4.78 is 7.18. The van der Waals surface area contributed by atoms with Gasteiger partial charge in [-0.2, -0.15) is 0 Å². The second-order valence-corrected chi connectivity index (χ2v) is 7.95. The number of hydrogen-bond donors (Lipinski definition) is 2. The highest BCUT2D eigenvalue weighted by Crippen LogP contribution is 2.36. The van der Waals surface area contributed by atoms with E-state index in [0.717, 1.165) is 30.4 Å². The summed E-state index contributed by atoms with van der Waals surface area (Å²) in [7, 11) is 1.57. The Balaban J connectivity index is 2.09. The molecule has 0 spiro atoms. The molecule has 1 aliphatic heterocycles. The standard InChI is InChI=1S/C21H28N2O5/c1-13-8-14(2)11-23(10-13)20(21(26)27)17-12-22(7-6-19(24)25)18-5-4-15(28-3)9-16(17)18/h4-5,9,12-14,20H,6-8,10-11H2,1-3H3,(H,24,25)(H,26,27)/t13-,14+,20-/m0/s1. The Morgan fingerprint density at radius 3 is 2.46 bits per heavy atom. The van der Waals surface area contributed by atoms with Crippen molar-refractivity contribution in [1.29, 1.82) is 0 Å². The summed E-state index contributed by atoms with van der Waals surface area (Å²) in [6.45, 7) is 6.05. The van der Waals surface area contributed by atoms with Gasteiger partial charge in [0.25, 0.3) is 0 Å². The highest BCUT2D eigenvalue weighted by Gasteiger charge is 2.34. The molecule has 0 radical (unpaired) electrons. The monoisotopic (exact) mass is 388 g/mol. The summed E-state index contributed by atoms with van der Waals surface area (Å²) in [5, 5.41) is 19.9. The van der Waals surface area contributed by atoms with Gasteiger partial charge in [-0.05, 0) is 36.5 Å². The number of piperidine rings is 1. The smallest absolute Gasteiger partial charge is 0.325 e. The molecule has 28 heavy (non-hydrogen) atoms. The van der Waals surface area contributed by atoms with Crippen molar-refractivity contribution in [2.75, 3.05) is 20.2 Å². The second kappa shape index (κ2) is 8.22. The zero-order chi connectivity index (χ0) is 20.4. The Kier molecular flexibility index (Phi) is 5.93. The number of carbonyl (C=O) groups is 2. The van der Waals surface area contributed by atoms with Crippen molar-refractivity contribution in [3.8, 4) is 5.75 Å². The number of nitrogens with zero attached hydrogens (tertiary/aromatic N) is 2. The molecular formula is C21H28N2O5. The number of aryl methyl sites for hydroxylation is 1. The number of aliphatic carboxylic acids is 2. The average Bonchev–Trinajstić information content (AvgIpc) is 2.96. The van der Waals surface area contributed by atoms with Crippen molar-refractivity contribution < 1.29 is 24.5 Å². The molecule has 1 aliphatic rings. The van der Waals surface area contributed by atoms with Crippen LogP contribution in [0.25, 0.3) is 10.9 Å². The van der Waals surface area contributed by atoms with Crippen LogP contribution in [0.5, 0.6) is 5.75 Å². The Hall–Kier alpha value is -2.54. The minimum atomic E-state index is -0.888. The molecule has 1 aromatic carbocycles. The van der Waals surface area contributed by atoms with Gasteiger partial charge in [-0.25, -0.2) is 0 Å². The largest absolute Gasteiger partial charge is 0.497 e. The quantitative estimate of drug-likeness (QED) is 0.757. The first-order valence-corrected chi connectivity index (χ1v) is 9.65. The molecule has 1 fully saturated rings. The SMILES string of the molecule is COc1ccc2c(c1)c([C@@H](C(=O)O)N1C[C@H](C)C[C@H](C)C1)cn2CCC(=O)O. The molecule has 2 N–H and O–H groups in total. The molecule has 152 valence electrons. The highest BCUT2D eigenvalue weighted by atomic mass is 16.5. The zero-order valence-electron chi connectivity index (χ0n) is 16.6. The van der Waals surface area contributed by atoms with Gasteiger partial charge in [0.05, 0.1) is 13.5 Å². The summed E-state index contributed by atoms with van der Waals surface area (Å²) in [5.41, 5.74) is 1.51. The number of methoxy groups -OCH3 is 1. The van der Waals surface area contributed by atoms with Crippen molar-refractivity contribution in [3.05, 3.63) is 30.0 Å². The van der Waals surface area contributed by atoms with E-state index in [9.17, 15) is 14.7 Å². The fraction of sp³-hybridized carbons (Fsp3) is 0.524. The second-order valence-electron chi connectivity index (χ2n) is 7.95. The van der Waals surface area contributed by atoms with E-state index in [1.807, 2.05) is 27.7 Å². The zero-order valence-corrected chi connectivity index (χ0v) is 16.6. The number of ether oxygens (including phenoxy) is 1. The van der Waals surface area contributed by atoms with Gasteiger partial charge in [-0.3, -0.25) is 14.5 Å². The van der Waals surface area contributed by atoms with Crippen LogP contribution in [0, 0.1) is 11.8 Å². The first kappa shape index (κ1) is 20.2. The molecule has 1 aromatic heterocycles. The molecule has 0 saturated carbocycles. The number of hydrogen-bond acceptors (Lipinski definition) is 4. The Labute approximate surface area is 164 Å². The maximum atomic E-state index is 12.3. The van der Waals surface area contributed by atoms with Gasteiger partial charge < -0.3 is 19.5 Å². The minimum absolute atomic E-state index is 0.0230. The van der Waals surface area contributed by atoms with Crippen molar-refractivity contribution in [2.45, 2.75) is 39.3 Å². The fourth-order valence-electron chi connectivity index (χ4n) is 4.46. The van der Waals surface area contributed by atoms with Crippen molar-refractivity contribution >= 4 is 22.8 Å². The number of carboxylic acid groups (broad SMARTS) is 2. The van der Waals surface area contributed by atoms with E-state index in [1.165, 1.54) is 0 Å². The third-order valence-corrected chi connectivity index (χ3v) is 5.48. The molecule has 0 aliphatic carbocycles. The number of likely N-dealkylation sites (tertiary alicyclic amines) is 1. The van der Waals surface area contributed by atoms with Gasteiger partial charge in [-0.1, -0.05) is 13.8 Å². The minimum Gasteiger partial charge on any atom is -0.497 e. The van der Waals surface area contributed by atoms with Crippen LogP contribution in [0.2, 0.25) is 0 Å². The maximum Gasteiger partial charge on any atom is 0.325 e. The van der Waals surface area contributed by atoms with E-state index in [1.54, 1.807) is 13.3 Å². The maximum absolute atomic E-state index is 12.3. The number of benzene rings is 1. The molecule has 0 amide bonds. The molecule has 7 heteroatoms. The van der Waals surface area contributed by atoms with Crippen LogP contribution in [-0.2, 0) is 16.1 Å². The Bertz CT molecular complexity index is 865.